The summed E-state index contributed by atoms with van der Waals surface area (Å²) in [6.07, 6.45) is 0. The molecule has 0 N–H and O–H groups in total. The molecule has 0 radical (unpaired) electrons. The minimum absolute atomic E-state index is 0.149. The molecule has 1 aromatic carbocycles. The van der Waals surface area contributed by atoms with Crippen molar-refractivity contribution in [3.63, 3.8) is 0 Å². The average molecular weight is 247 g/mol. The van der Waals surface area contributed by atoms with Gasteiger partial charge in [0, 0.05) is 17.2 Å². The third kappa shape index (κ3) is 3.72. The summed E-state index contributed by atoms with van der Waals surface area (Å²) < 4.78 is 0. The Labute approximate surface area is 103 Å². The number of nitrogens with zero attached hydrogens (tertiary/aromatic N) is 1. The van der Waals surface area contributed by atoms with Gasteiger partial charge in [0.05, 0.1) is 4.92 Å². The molecule has 0 amide bonds. The van der Waals surface area contributed by atoms with Gasteiger partial charge in [-0.15, -0.1) is 5.54 Å². The molecule has 4 heteroatoms. The highest BCUT2D eigenvalue weighted by molar-refractivity contribution is 6.83. The molecule has 0 aromatic heterocycles. The fourth-order valence-corrected chi connectivity index (χ4v) is 1.94. The lowest BCUT2D eigenvalue weighted by Gasteiger charge is -2.05. The zero-order valence-corrected chi connectivity index (χ0v) is 11.9. The van der Waals surface area contributed by atoms with E-state index in [-0.39, 0.29) is 10.6 Å². The van der Waals surface area contributed by atoms with Gasteiger partial charge in [0.1, 0.15) is 8.07 Å². The van der Waals surface area contributed by atoms with Gasteiger partial charge in [-0.05, 0) is 25.5 Å². The Kier molecular flexibility index (Phi) is 3.74. The normalized spacial score (nSPS) is 10.6. The highest BCUT2D eigenvalue weighted by atomic mass is 28.3. The first-order valence-electron chi connectivity index (χ1n) is 5.49. The summed E-state index contributed by atoms with van der Waals surface area (Å²) in [4.78, 5) is 10.5. The molecule has 0 spiro atoms. The maximum Gasteiger partial charge on any atom is 0.273 e. The second-order valence-electron chi connectivity index (χ2n) is 5.21. The lowest BCUT2D eigenvalue weighted by atomic mass is 10.0. The molecule has 0 aliphatic heterocycles. The van der Waals surface area contributed by atoms with Gasteiger partial charge in [-0.2, -0.15) is 0 Å². The van der Waals surface area contributed by atoms with Gasteiger partial charge in [-0.3, -0.25) is 10.1 Å². The van der Waals surface area contributed by atoms with E-state index in [2.05, 4.69) is 31.1 Å². The maximum atomic E-state index is 10.9. The van der Waals surface area contributed by atoms with Gasteiger partial charge < -0.3 is 0 Å². The summed E-state index contributed by atoms with van der Waals surface area (Å²) in [5, 5.41) is 10.9. The van der Waals surface area contributed by atoms with Crippen LogP contribution in [0.4, 0.5) is 5.69 Å². The molecule has 0 aliphatic rings. The summed E-state index contributed by atoms with van der Waals surface area (Å²) in [6.45, 7) is 10.1. The molecule has 17 heavy (non-hydrogen) atoms. The lowest BCUT2D eigenvalue weighted by Crippen LogP contribution is -2.16. The van der Waals surface area contributed by atoms with E-state index in [4.69, 9.17) is 0 Å². The van der Waals surface area contributed by atoms with E-state index >= 15 is 0 Å². The van der Waals surface area contributed by atoms with Crippen LogP contribution in [0.25, 0.3) is 0 Å². The van der Waals surface area contributed by atoms with Gasteiger partial charge in [0.25, 0.3) is 5.69 Å². The molecule has 0 atom stereocenters. The van der Waals surface area contributed by atoms with Crippen molar-refractivity contribution in [1.82, 2.24) is 0 Å². The SMILES string of the molecule is Cc1cc(C)c([N+](=O)[O-])cc1C#C[Si](C)(C)C. The van der Waals surface area contributed by atoms with Gasteiger partial charge in [0.15, 0.2) is 0 Å². The molecule has 90 valence electrons. The Bertz CT molecular complexity index is 519. The molecule has 0 bridgehead atoms. The Balaban J connectivity index is 3.29. The first-order valence-corrected chi connectivity index (χ1v) is 8.99. The third-order valence-corrected chi connectivity index (χ3v) is 3.19. The zero-order chi connectivity index (χ0) is 13.2. The molecule has 1 rings (SSSR count). The van der Waals surface area contributed by atoms with Crippen molar-refractivity contribution in [3.05, 3.63) is 38.9 Å². The van der Waals surface area contributed by atoms with E-state index < -0.39 is 8.07 Å². The minimum Gasteiger partial charge on any atom is -0.258 e. The summed E-state index contributed by atoms with van der Waals surface area (Å²) in [7, 11) is -1.45. The number of hydrogen-bond donors (Lipinski definition) is 0. The zero-order valence-electron chi connectivity index (χ0n) is 10.9. The molecular weight excluding hydrogens is 230 g/mol. The van der Waals surface area contributed by atoms with E-state index in [9.17, 15) is 10.1 Å². The fraction of sp³-hybridized carbons (Fsp3) is 0.385. The Morgan fingerprint density at radius 3 is 2.24 bits per heavy atom. The molecule has 3 nitrogen and oxygen atoms in total. The van der Waals surface area contributed by atoms with Crippen LogP contribution < -0.4 is 0 Å². The number of benzene rings is 1. The highest BCUT2D eigenvalue weighted by Gasteiger charge is 2.13. The number of rotatable bonds is 1. The van der Waals surface area contributed by atoms with E-state index in [1.54, 1.807) is 13.0 Å². The van der Waals surface area contributed by atoms with Crippen LogP contribution in [0.2, 0.25) is 19.6 Å². The monoisotopic (exact) mass is 247 g/mol. The molecular formula is C13H17NO2Si. The third-order valence-electron chi connectivity index (χ3n) is 2.31. The van der Waals surface area contributed by atoms with Crippen LogP contribution in [0.3, 0.4) is 0 Å². The molecule has 1 aromatic rings. The van der Waals surface area contributed by atoms with Gasteiger partial charge in [-0.1, -0.05) is 25.6 Å². The molecule has 0 saturated heterocycles. The van der Waals surface area contributed by atoms with Crippen LogP contribution in [0, 0.1) is 35.4 Å². The van der Waals surface area contributed by atoms with Crippen LogP contribution in [-0.2, 0) is 0 Å². The van der Waals surface area contributed by atoms with Crippen molar-refractivity contribution >= 4 is 13.8 Å². The van der Waals surface area contributed by atoms with E-state index in [1.807, 2.05) is 13.0 Å². The number of aryl methyl sites for hydroxylation is 2. The van der Waals surface area contributed by atoms with Crippen LogP contribution in [-0.4, -0.2) is 13.0 Å². The average Bonchev–Trinajstić information content (AvgIpc) is 2.14. The Morgan fingerprint density at radius 2 is 1.76 bits per heavy atom. The fourth-order valence-electron chi connectivity index (χ4n) is 1.43. The molecule has 0 saturated carbocycles. The highest BCUT2D eigenvalue weighted by Crippen LogP contribution is 2.22. The van der Waals surface area contributed by atoms with Crippen LogP contribution in [0.15, 0.2) is 12.1 Å². The quantitative estimate of drug-likeness (QED) is 0.330. The summed E-state index contributed by atoms with van der Waals surface area (Å²) in [5.74, 6) is 3.08. The van der Waals surface area contributed by atoms with Gasteiger partial charge in [0.2, 0.25) is 0 Å². The molecule has 0 fully saturated rings. The number of nitro groups is 1. The van der Waals surface area contributed by atoms with Gasteiger partial charge >= 0.3 is 0 Å². The second-order valence-corrected chi connectivity index (χ2v) is 9.96. The van der Waals surface area contributed by atoms with Crippen molar-refractivity contribution in [2.24, 2.45) is 0 Å². The van der Waals surface area contributed by atoms with E-state index in [0.717, 1.165) is 11.1 Å². The largest absolute Gasteiger partial charge is 0.273 e. The molecule has 0 aliphatic carbocycles. The van der Waals surface area contributed by atoms with Crippen molar-refractivity contribution in [2.75, 3.05) is 0 Å². The van der Waals surface area contributed by atoms with Crippen molar-refractivity contribution < 1.29 is 4.92 Å². The first-order chi connectivity index (χ1) is 7.70. The standard InChI is InChI=1S/C13H17NO2Si/c1-10-8-11(2)13(14(15)16)9-12(10)6-7-17(3,4)5/h8-9H,1-5H3. The van der Waals surface area contributed by atoms with E-state index in [0.29, 0.717) is 5.56 Å². The summed E-state index contributed by atoms with van der Waals surface area (Å²) >= 11 is 0. The second kappa shape index (κ2) is 4.72. The Morgan fingerprint density at radius 1 is 1.18 bits per heavy atom. The Hall–Kier alpha value is -1.60. The smallest absolute Gasteiger partial charge is 0.258 e. The predicted octanol–water partition coefficient (Wildman–Crippen LogP) is 3.44. The number of hydrogen-bond acceptors (Lipinski definition) is 2. The van der Waals surface area contributed by atoms with Gasteiger partial charge in [-0.25, -0.2) is 0 Å². The summed E-state index contributed by atoms with van der Waals surface area (Å²) in [5.41, 5.74) is 5.83. The van der Waals surface area contributed by atoms with Crippen LogP contribution in [0.5, 0.6) is 0 Å². The molecule has 0 heterocycles. The molecule has 0 unspecified atom stereocenters. The van der Waals surface area contributed by atoms with Crippen molar-refractivity contribution in [2.45, 2.75) is 33.5 Å². The minimum atomic E-state index is -1.45. The topological polar surface area (TPSA) is 43.1 Å². The number of nitro benzene ring substituents is 1. The van der Waals surface area contributed by atoms with Crippen molar-refractivity contribution in [3.8, 4) is 11.5 Å². The maximum absolute atomic E-state index is 10.9. The summed E-state index contributed by atoms with van der Waals surface area (Å²) in [6, 6.07) is 3.41. The van der Waals surface area contributed by atoms with Crippen LogP contribution >= 0.6 is 0 Å². The predicted molar refractivity (Wildman–Crippen MR) is 72.8 cm³/mol. The van der Waals surface area contributed by atoms with Crippen molar-refractivity contribution in [1.29, 1.82) is 0 Å². The first kappa shape index (κ1) is 13.5. The lowest BCUT2D eigenvalue weighted by molar-refractivity contribution is -0.385. The van der Waals surface area contributed by atoms with Crippen LogP contribution in [0.1, 0.15) is 16.7 Å². The van der Waals surface area contributed by atoms with E-state index in [1.165, 1.54) is 0 Å².